The van der Waals surface area contributed by atoms with Crippen molar-refractivity contribution in [1.29, 1.82) is 0 Å². The molecule has 84 valence electrons. The van der Waals surface area contributed by atoms with Gasteiger partial charge in [-0.05, 0) is 12.1 Å². The van der Waals surface area contributed by atoms with Crippen LogP contribution in [0.2, 0.25) is 0 Å². The zero-order valence-corrected chi connectivity index (χ0v) is 8.96. The minimum Gasteiger partial charge on any atom is -0.349 e. The molecular weight excluding hydrogens is 216 g/mol. The van der Waals surface area contributed by atoms with Gasteiger partial charge in [-0.25, -0.2) is 4.98 Å². The van der Waals surface area contributed by atoms with Gasteiger partial charge in [-0.15, -0.1) is 10.2 Å². The number of aromatic nitrogens is 5. The Morgan fingerprint density at radius 3 is 2.82 bits per heavy atom. The van der Waals surface area contributed by atoms with Crippen molar-refractivity contribution >= 4 is 17.0 Å². The van der Waals surface area contributed by atoms with E-state index in [0.29, 0.717) is 12.5 Å². The number of anilines is 1. The highest BCUT2D eigenvalue weighted by Gasteiger charge is 2.00. The number of H-pyrrole nitrogens is 1. The van der Waals surface area contributed by atoms with Crippen LogP contribution in [-0.2, 0) is 6.54 Å². The Morgan fingerprint density at radius 1 is 1.12 bits per heavy atom. The highest BCUT2D eigenvalue weighted by atomic mass is 15.2. The van der Waals surface area contributed by atoms with Crippen LogP contribution < -0.4 is 5.32 Å². The van der Waals surface area contributed by atoms with Crippen LogP contribution in [-0.4, -0.2) is 25.4 Å². The smallest absolute Gasteiger partial charge is 0.243 e. The molecule has 0 unspecified atom stereocenters. The minimum atomic E-state index is 0.518. The van der Waals surface area contributed by atoms with Gasteiger partial charge in [-0.3, -0.25) is 5.10 Å². The summed E-state index contributed by atoms with van der Waals surface area (Å²) in [5, 5.41) is 17.8. The standard InChI is InChI=1S/C11H10N6/c1-2-4-10-9(3-1)15-11(17-16-10)12-5-8-6-13-14-7-8/h1-4,6-7H,5H2,(H,13,14)(H,12,15,17). The van der Waals surface area contributed by atoms with Crippen LogP contribution in [0.5, 0.6) is 0 Å². The Balaban J connectivity index is 1.81. The molecular formula is C11H10N6. The highest BCUT2D eigenvalue weighted by molar-refractivity contribution is 5.73. The van der Waals surface area contributed by atoms with Crippen molar-refractivity contribution in [3.8, 4) is 0 Å². The third kappa shape index (κ3) is 2.05. The quantitative estimate of drug-likeness (QED) is 0.705. The molecule has 0 spiro atoms. The lowest BCUT2D eigenvalue weighted by atomic mass is 10.3. The van der Waals surface area contributed by atoms with Crippen molar-refractivity contribution in [2.45, 2.75) is 6.54 Å². The van der Waals surface area contributed by atoms with Crippen molar-refractivity contribution in [3.05, 3.63) is 42.2 Å². The number of fused-ring (bicyclic) bond motifs is 1. The maximum atomic E-state index is 4.36. The molecule has 0 bridgehead atoms. The maximum Gasteiger partial charge on any atom is 0.243 e. The molecule has 0 aliphatic heterocycles. The van der Waals surface area contributed by atoms with E-state index in [4.69, 9.17) is 0 Å². The SMILES string of the molecule is c1ccc2nc(NCc3cn[nH]c3)nnc2c1. The van der Waals surface area contributed by atoms with E-state index in [2.05, 4.69) is 30.7 Å². The van der Waals surface area contributed by atoms with Gasteiger partial charge in [0.15, 0.2) is 0 Å². The van der Waals surface area contributed by atoms with E-state index in [9.17, 15) is 0 Å². The second kappa shape index (κ2) is 4.17. The van der Waals surface area contributed by atoms with Crippen molar-refractivity contribution in [2.75, 3.05) is 5.32 Å². The molecule has 0 fully saturated rings. The molecule has 0 amide bonds. The van der Waals surface area contributed by atoms with Gasteiger partial charge in [0.1, 0.15) is 5.52 Å². The largest absolute Gasteiger partial charge is 0.349 e. The predicted molar refractivity (Wildman–Crippen MR) is 63.2 cm³/mol. The van der Waals surface area contributed by atoms with E-state index in [0.717, 1.165) is 16.6 Å². The lowest BCUT2D eigenvalue weighted by Gasteiger charge is -2.02. The van der Waals surface area contributed by atoms with Gasteiger partial charge in [0, 0.05) is 18.3 Å². The first-order valence-corrected chi connectivity index (χ1v) is 5.23. The zero-order chi connectivity index (χ0) is 11.5. The molecule has 1 aromatic carbocycles. The van der Waals surface area contributed by atoms with E-state index in [-0.39, 0.29) is 0 Å². The molecule has 2 aromatic heterocycles. The average Bonchev–Trinajstić information content (AvgIpc) is 2.89. The summed E-state index contributed by atoms with van der Waals surface area (Å²) in [4.78, 5) is 4.36. The number of hydrogen-bond donors (Lipinski definition) is 2. The normalized spacial score (nSPS) is 10.6. The zero-order valence-electron chi connectivity index (χ0n) is 8.96. The molecule has 0 aliphatic carbocycles. The molecule has 0 radical (unpaired) electrons. The molecule has 0 atom stereocenters. The topological polar surface area (TPSA) is 79.4 Å². The van der Waals surface area contributed by atoms with Crippen LogP contribution >= 0.6 is 0 Å². The van der Waals surface area contributed by atoms with Gasteiger partial charge < -0.3 is 5.32 Å². The summed E-state index contributed by atoms with van der Waals surface area (Å²) in [6.07, 6.45) is 3.57. The molecule has 2 heterocycles. The number of aromatic amines is 1. The molecule has 3 rings (SSSR count). The Morgan fingerprint density at radius 2 is 2.00 bits per heavy atom. The second-order valence-corrected chi connectivity index (χ2v) is 3.58. The fourth-order valence-electron chi connectivity index (χ4n) is 1.51. The van der Waals surface area contributed by atoms with E-state index >= 15 is 0 Å². The third-order valence-electron chi connectivity index (χ3n) is 2.37. The fraction of sp³-hybridized carbons (Fsp3) is 0.0909. The highest BCUT2D eigenvalue weighted by Crippen LogP contribution is 2.09. The average molecular weight is 226 g/mol. The summed E-state index contributed by atoms with van der Waals surface area (Å²) < 4.78 is 0. The van der Waals surface area contributed by atoms with Gasteiger partial charge in [0.25, 0.3) is 0 Å². The summed E-state index contributed by atoms with van der Waals surface area (Å²) in [7, 11) is 0. The predicted octanol–water partition coefficient (Wildman–Crippen LogP) is 1.36. The summed E-state index contributed by atoms with van der Waals surface area (Å²) in [5.74, 6) is 0.518. The molecule has 0 saturated carbocycles. The molecule has 17 heavy (non-hydrogen) atoms. The van der Waals surface area contributed by atoms with Gasteiger partial charge in [0.05, 0.1) is 11.7 Å². The Hall–Kier alpha value is -2.50. The van der Waals surface area contributed by atoms with Crippen LogP contribution in [0.1, 0.15) is 5.56 Å². The molecule has 0 saturated heterocycles. The molecule has 3 aromatic rings. The van der Waals surface area contributed by atoms with Crippen LogP contribution in [0.3, 0.4) is 0 Å². The van der Waals surface area contributed by atoms with E-state index in [1.165, 1.54) is 0 Å². The van der Waals surface area contributed by atoms with Crippen LogP contribution in [0, 0.1) is 0 Å². The number of para-hydroxylation sites is 1. The van der Waals surface area contributed by atoms with E-state index in [1.54, 1.807) is 6.20 Å². The van der Waals surface area contributed by atoms with Crippen molar-refractivity contribution in [3.63, 3.8) is 0 Å². The number of nitrogens with one attached hydrogen (secondary N) is 2. The van der Waals surface area contributed by atoms with Gasteiger partial charge in [-0.1, -0.05) is 12.1 Å². The Labute approximate surface area is 97.1 Å². The maximum absolute atomic E-state index is 4.36. The van der Waals surface area contributed by atoms with Gasteiger partial charge in [-0.2, -0.15) is 5.10 Å². The second-order valence-electron chi connectivity index (χ2n) is 3.58. The third-order valence-corrected chi connectivity index (χ3v) is 2.37. The Kier molecular flexibility index (Phi) is 2.38. The summed E-state index contributed by atoms with van der Waals surface area (Å²) in [6.45, 7) is 0.622. The Bertz CT molecular complexity index is 619. The molecule has 6 nitrogen and oxygen atoms in total. The minimum absolute atomic E-state index is 0.518. The first-order valence-electron chi connectivity index (χ1n) is 5.23. The lowest BCUT2D eigenvalue weighted by molar-refractivity contribution is 0.984. The first kappa shape index (κ1) is 9.71. The van der Waals surface area contributed by atoms with Crippen LogP contribution in [0.25, 0.3) is 11.0 Å². The fourth-order valence-corrected chi connectivity index (χ4v) is 1.51. The lowest BCUT2D eigenvalue weighted by Crippen LogP contribution is -2.04. The molecule has 0 aliphatic rings. The van der Waals surface area contributed by atoms with Gasteiger partial charge in [0.2, 0.25) is 5.95 Å². The van der Waals surface area contributed by atoms with Crippen molar-refractivity contribution < 1.29 is 0 Å². The van der Waals surface area contributed by atoms with Gasteiger partial charge >= 0.3 is 0 Å². The number of benzene rings is 1. The summed E-state index contributed by atoms with van der Waals surface area (Å²) in [5.41, 5.74) is 2.67. The van der Waals surface area contributed by atoms with E-state index < -0.39 is 0 Å². The summed E-state index contributed by atoms with van der Waals surface area (Å²) in [6, 6.07) is 7.64. The van der Waals surface area contributed by atoms with E-state index in [1.807, 2.05) is 30.5 Å². The number of rotatable bonds is 3. The number of hydrogen-bond acceptors (Lipinski definition) is 5. The first-order chi connectivity index (χ1) is 8.42. The van der Waals surface area contributed by atoms with Crippen LogP contribution in [0.15, 0.2) is 36.7 Å². The molecule has 6 heteroatoms. The monoisotopic (exact) mass is 226 g/mol. The molecule has 2 N–H and O–H groups in total. The van der Waals surface area contributed by atoms with Crippen LogP contribution in [0.4, 0.5) is 5.95 Å². The summed E-state index contributed by atoms with van der Waals surface area (Å²) >= 11 is 0. The van der Waals surface area contributed by atoms with Crippen molar-refractivity contribution in [1.82, 2.24) is 25.4 Å². The number of nitrogens with zero attached hydrogens (tertiary/aromatic N) is 4. The van der Waals surface area contributed by atoms with Crippen molar-refractivity contribution in [2.24, 2.45) is 0 Å².